The first-order chi connectivity index (χ1) is 11.9. The Morgan fingerprint density at radius 2 is 2.00 bits per heavy atom. The van der Waals surface area contributed by atoms with Gasteiger partial charge in [-0.3, -0.25) is 0 Å². The summed E-state index contributed by atoms with van der Waals surface area (Å²) in [5, 5.41) is 11.9. The lowest BCUT2D eigenvalue weighted by Gasteiger charge is -2.10. The first kappa shape index (κ1) is 17.2. The molecule has 1 amide bonds. The summed E-state index contributed by atoms with van der Waals surface area (Å²) in [6.45, 7) is 7.58. The molecular weight excluding hydrogens is 340 g/mol. The molecule has 0 atom stereocenters. The van der Waals surface area contributed by atoms with Crippen molar-refractivity contribution in [2.45, 2.75) is 33.7 Å². The maximum atomic E-state index is 12.6. The molecule has 0 saturated carbocycles. The van der Waals surface area contributed by atoms with Crippen LogP contribution < -0.4 is 5.32 Å². The Morgan fingerprint density at radius 1 is 1.24 bits per heavy atom. The molecule has 0 aliphatic rings. The summed E-state index contributed by atoms with van der Waals surface area (Å²) < 4.78 is 6.38. The van der Waals surface area contributed by atoms with Crippen LogP contribution >= 0.6 is 11.6 Å². The topological polar surface area (TPSA) is 73.0 Å². The number of hydrogen-bond donors (Lipinski definition) is 1. The Kier molecular flexibility index (Phi) is 4.63. The fourth-order valence-corrected chi connectivity index (χ4v) is 2.85. The first-order valence-electron chi connectivity index (χ1n) is 7.95. The van der Waals surface area contributed by atoms with Gasteiger partial charge in [0, 0.05) is 16.6 Å². The fraction of sp³-hybridized carbons (Fsp3) is 0.278. The van der Waals surface area contributed by atoms with Crippen molar-refractivity contribution in [3.8, 4) is 22.5 Å². The van der Waals surface area contributed by atoms with Crippen LogP contribution in [0.2, 0.25) is 5.02 Å². The van der Waals surface area contributed by atoms with Crippen molar-refractivity contribution < 1.29 is 9.32 Å². The van der Waals surface area contributed by atoms with Gasteiger partial charge in [0.1, 0.15) is 6.26 Å². The number of nitrogens with one attached hydrogen (secondary N) is 1. The Hall–Kier alpha value is -2.60. The molecule has 0 radical (unpaired) electrons. The van der Waals surface area contributed by atoms with Crippen molar-refractivity contribution in [3.63, 3.8) is 0 Å². The van der Waals surface area contributed by atoms with Crippen LogP contribution in [0.4, 0.5) is 4.79 Å². The second-order valence-electron chi connectivity index (χ2n) is 6.20. The summed E-state index contributed by atoms with van der Waals surface area (Å²) in [6, 6.07) is 7.12. The lowest BCUT2D eigenvalue weighted by Crippen LogP contribution is -2.35. The molecule has 130 valence electrons. The van der Waals surface area contributed by atoms with Crippen LogP contribution in [0, 0.1) is 13.8 Å². The minimum atomic E-state index is -0.302. The molecule has 7 heteroatoms. The van der Waals surface area contributed by atoms with E-state index in [1.165, 1.54) is 10.9 Å². The number of benzene rings is 1. The van der Waals surface area contributed by atoms with Crippen LogP contribution in [0.5, 0.6) is 0 Å². The Morgan fingerprint density at radius 3 is 2.60 bits per heavy atom. The van der Waals surface area contributed by atoms with Gasteiger partial charge < -0.3 is 9.84 Å². The molecule has 0 aliphatic carbocycles. The number of halogens is 1. The van der Waals surface area contributed by atoms with Crippen molar-refractivity contribution in [2.24, 2.45) is 0 Å². The average Bonchev–Trinajstić information content (AvgIpc) is 3.12. The van der Waals surface area contributed by atoms with E-state index < -0.39 is 0 Å². The highest BCUT2D eigenvalue weighted by Gasteiger charge is 2.21. The minimum absolute atomic E-state index is 0.00570. The summed E-state index contributed by atoms with van der Waals surface area (Å²) in [5.74, 6) is 0. The van der Waals surface area contributed by atoms with Crippen molar-refractivity contribution >= 4 is 17.6 Å². The van der Waals surface area contributed by atoms with Crippen molar-refractivity contribution in [2.75, 3.05) is 0 Å². The SMILES string of the molecule is Cc1cc(Cl)ccc1-c1cc(-c2conc2C)n(C(=O)NC(C)C)n1. The Labute approximate surface area is 150 Å². The maximum absolute atomic E-state index is 12.6. The van der Waals surface area contributed by atoms with Gasteiger partial charge in [-0.1, -0.05) is 22.8 Å². The van der Waals surface area contributed by atoms with Crippen molar-refractivity contribution in [1.82, 2.24) is 20.3 Å². The van der Waals surface area contributed by atoms with Crippen LogP contribution in [-0.2, 0) is 0 Å². The Balaban J connectivity index is 2.14. The standard InChI is InChI=1S/C18H19ClN4O2/c1-10(2)20-18(24)23-17(15-9-25-22-12(15)4)8-16(21-23)14-6-5-13(19)7-11(14)3/h5-10H,1-4H3,(H,20,24). The summed E-state index contributed by atoms with van der Waals surface area (Å²) in [7, 11) is 0. The molecule has 0 saturated heterocycles. The number of carbonyl (C=O) groups is 1. The number of nitrogens with zero attached hydrogens (tertiary/aromatic N) is 3. The third kappa shape index (κ3) is 3.44. The molecule has 25 heavy (non-hydrogen) atoms. The van der Waals surface area contributed by atoms with Gasteiger partial charge in [0.15, 0.2) is 0 Å². The number of amides is 1. The lowest BCUT2D eigenvalue weighted by molar-refractivity contribution is 0.237. The minimum Gasteiger partial charge on any atom is -0.364 e. The molecule has 2 aromatic heterocycles. The van der Waals surface area contributed by atoms with E-state index >= 15 is 0 Å². The van der Waals surface area contributed by atoms with E-state index in [2.05, 4.69) is 15.6 Å². The highest BCUT2D eigenvalue weighted by atomic mass is 35.5. The van der Waals surface area contributed by atoms with Gasteiger partial charge in [-0.15, -0.1) is 0 Å². The molecule has 0 aliphatic heterocycles. The zero-order valence-corrected chi connectivity index (χ0v) is 15.3. The highest BCUT2D eigenvalue weighted by molar-refractivity contribution is 6.30. The molecule has 2 heterocycles. The van der Waals surface area contributed by atoms with Crippen LogP contribution in [0.15, 0.2) is 35.1 Å². The molecule has 0 unspecified atom stereocenters. The quantitative estimate of drug-likeness (QED) is 0.751. The molecule has 0 bridgehead atoms. The molecular formula is C18H19ClN4O2. The zero-order chi connectivity index (χ0) is 18.1. The van der Waals surface area contributed by atoms with Gasteiger partial charge in [0.25, 0.3) is 0 Å². The van der Waals surface area contributed by atoms with E-state index in [0.717, 1.165) is 16.7 Å². The molecule has 0 spiro atoms. The van der Waals surface area contributed by atoms with E-state index in [0.29, 0.717) is 22.1 Å². The Bertz CT molecular complexity index is 927. The first-order valence-corrected chi connectivity index (χ1v) is 8.33. The molecule has 6 nitrogen and oxygen atoms in total. The van der Waals surface area contributed by atoms with E-state index in [4.69, 9.17) is 16.1 Å². The van der Waals surface area contributed by atoms with Crippen LogP contribution in [-0.4, -0.2) is 27.0 Å². The summed E-state index contributed by atoms with van der Waals surface area (Å²) in [4.78, 5) is 12.6. The van der Waals surface area contributed by atoms with Gasteiger partial charge >= 0.3 is 6.03 Å². The number of aromatic nitrogens is 3. The van der Waals surface area contributed by atoms with E-state index in [-0.39, 0.29) is 12.1 Å². The predicted octanol–water partition coefficient (Wildman–Crippen LogP) is 4.44. The molecule has 3 rings (SSSR count). The van der Waals surface area contributed by atoms with Crippen LogP contribution in [0.25, 0.3) is 22.5 Å². The van der Waals surface area contributed by atoms with Gasteiger partial charge in [0.05, 0.1) is 22.6 Å². The average molecular weight is 359 g/mol. The number of rotatable bonds is 3. The molecule has 1 aromatic carbocycles. The monoisotopic (exact) mass is 358 g/mol. The second kappa shape index (κ2) is 6.72. The molecule has 0 fully saturated rings. The normalized spacial score (nSPS) is 11.1. The lowest BCUT2D eigenvalue weighted by atomic mass is 10.0. The van der Waals surface area contributed by atoms with E-state index in [1.807, 2.05) is 45.9 Å². The van der Waals surface area contributed by atoms with Crippen LogP contribution in [0.3, 0.4) is 0 Å². The third-order valence-electron chi connectivity index (χ3n) is 3.80. The number of hydrogen-bond acceptors (Lipinski definition) is 4. The van der Waals surface area contributed by atoms with Gasteiger partial charge in [-0.05, 0) is 51.5 Å². The number of carbonyl (C=O) groups excluding carboxylic acids is 1. The smallest absolute Gasteiger partial charge is 0.342 e. The maximum Gasteiger partial charge on any atom is 0.342 e. The zero-order valence-electron chi connectivity index (χ0n) is 14.5. The largest absolute Gasteiger partial charge is 0.364 e. The third-order valence-corrected chi connectivity index (χ3v) is 4.04. The van der Waals surface area contributed by atoms with Crippen molar-refractivity contribution in [1.29, 1.82) is 0 Å². The van der Waals surface area contributed by atoms with Gasteiger partial charge in [-0.25, -0.2) is 4.79 Å². The summed E-state index contributed by atoms with van der Waals surface area (Å²) >= 11 is 6.04. The van der Waals surface area contributed by atoms with Gasteiger partial charge in [-0.2, -0.15) is 9.78 Å². The number of aryl methyl sites for hydroxylation is 2. The summed E-state index contributed by atoms with van der Waals surface area (Å²) in [5.41, 5.74) is 4.62. The molecule has 1 N–H and O–H groups in total. The highest BCUT2D eigenvalue weighted by Crippen LogP contribution is 2.30. The molecule has 3 aromatic rings. The predicted molar refractivity (Wildman–Crippen MR) is 96.7 cm³/mol. The van der Waals surface area contributed by atoms with E-state index in [1.54, 1.807) is 6.07 Å². The van der Waals surface area contributed by atoms with Gasteiger partial charge in [0.2, 0.25) is 0 Å². The second-order valence-corrected chi connectivity index (χ2v) is 6.64. The fourth-order valence-electron chi connectivity index (χ4n) is 2.62. The van der Waals surface area contributed by atoms with E-state index in [9.17, 15) is 4.79 Å². The van der Waals surface area contributed by atoms with Crippen molar-refractivity contribution in [3.05, 3.63) is 46.8 Å². The van der Waals surface area contributed by atoms with Crippen LogP contribution in [0.1, 0.15) is 25.1 Å². The summed E-state index contributed by atoms with van der Waals surface area (Å²) in [6.07, 6.45) is 1.52.